The molecule has 0 unspecified atom stereocenters. The van der Waals surface area contributed by atoms with Crippen LogP contribution in [0.15, 0.2) is 0 Å². The Hall–Kier alpha value is 0.210. The molecular formula is C8H18ClNO. The zero-order valence-electron chi connectivity index (χ0n) is 6.83. The van der Waals surface area contributed by atoms with Crippen LogP contribution < -0.4 is 5.73 Å². The zero-order valence-corrected chi connectivity index (χ0v) is 7.65. The van der Waals surface area contributed by atoms with Crippen molar-refractivity contribution in [1.82, 2.24) is 0 Å². The van der Waals surface area contributed by atoms with E-state index in [4.69, 9.17) is 5.73 Å². The molecule has 68 valence electrons. The first kappa shape index (κ1) is 11.2. The average molecular weight is 180 g/mol. The van der Waals surface area contributed by atoms with Gasteiger partial charge in [-0.15, -0.1) is 12.4 Å². The lowest BCUT2D eigenvalue weighted by molar-refractivity contribution is 0.121. The van der Waals surface area contributed by atoms with Crippen molar-refractivity contribution >= 4 is 12.4 Å². The third-order valence-corrected chi connectivity index (χ3v) is 2.28. The fourth-order valence-electron chi connectivity index (χ4n) is 1.49. The molecule has 1 saturated carbocycles. The van der Waals surface area contributed by atoms with Gasteiger partial charge in [0.2, 0.25) is 0 Å². The molecule has 1 aliphatic carbocycles. The van der Waals surface area contributed by atoms with Crippen LogP contribution in [0.1, 0.15) is 38.5 Å². The van der Waals surface area contributed by atoms with Crippen LogP contribution >= 0.6 is 12.4 Å². The maximum atomic E-state index is 9.36. The summed E-state index contributed by atoms with van der Waals surface area (Å²) in [5.41, 5.74) is 5.70. The summed E-state index contributed by atoms with van der Waals surface area (Å²) in [6, 6.07) is 0.0419. The molecule has 0 radical (unpaired) electrons. The zero-order chi connectivity index (χ0) is 7.40. The van der Waals surface area contributed by atoms with Gasteiger partial charge in [-0.3, -0.25) is 0 Å². The molecular weight excluding hydrogens is 162 g/mol. The molecule has 0 spiro atoms. The number of aliphatic hydroxyl groups excluding tert-OH is 1. The molecule has 1 fully saturated rings. The summed E-state index contributed by atoms with van der Waals surface area (Å²) in [7, 11) is 0. The van der Waals surface area contributed by atoms with Gasteiger partial charge in [-0.05, 0) is 12.8 Å². The van der Waals surface area contributed by atoms with Gasteiger partial charge in [0.05, 0.1) is 6.10 Å². The minimum atomic E-state index is -0.236. The molecule has 0 aromatic heterocycles. The van der Waals surface area contributed by atoms with Gasteiger partial charge in [-0.2, -0.15) is 0 Å². The van der Waals surface area contributed by atoms with Gasteiger partial charge in [0, 0.05) is 6.04 Å². The SMILES string of the molecule is Cl.N[C@@H]1CCCCCC[C@H]1O. The molecule has 0 heterocycles. The number of halogens is 1. The summed E-state index contributed by atoms with van der Waals surface area (Å²) >= 11 is 0. The van der Waals surface area contributed by atoms with Crippen LogP contribution in [0.3, 0.4) is 0 Å². The van der Waals surface area contributed by atoms with E-state index in [0.717, 1.165) is 19.3 Å². The number of hydrogen-bond donors (Lipinski definition) is 2. The lowest BCUT2D eigenvalue weighted by Crippen LogP contribution is -2.35. The lowest BCUT2D eigenvalue weighted by Gasteiger charge is -2.21. The summed E-state index contributed by atoms with van der Waals surface area (Å²) in [6.07, 6.45) is 6.57. The second-order valence-corrected chi connectivity index (χ2v) is 3.22. The van der Waals surface area contributed by atoms with Gasteiger partial charge in [-0.1, -0.05) is 25.7 Å². The van der Waals surface area contributed by atoms with Crippen molar-refractivity contribution < 1.29 is 5.11 Å². The highest BCUT2D eigenvalue weighted by Gasteiger charge is 2.15. The highest BCUT2D eigenvalue weighted by Crippen LogP contribution is 2.15. The molecule has 11 heavy (non-hydrogen) atoms. The van der Waals surface area contributed by atoms with Crippen molar-refractivity contribution in [2.45, 2.75) is 50.7 Å². The number of nitrogens with two attached hydrogens (primary N) is 1. The van der Waals surface area contributed by atoms with Crippen LogP contribution in [0, 0.1) is 0 Å². The van der Waals surface area contributed by atoms with E-state index in [9.17, 15) is 5.11 Å². The molecule has 0 amide bonds. The van der Waals surface area contributed by atoms with Crippen LogP contribution in [-0.4, -0.2) is 17.3 Å². The molecule has 0 aromatic rings. The smallest absolute Gasteiger partial charge is 0.0691 e. The molecule has 0 aliphatic heterocycles. The molecule has 1 aliphatic rings. The molecule has 3 N–H and O–H groups in total. The lowest BCUT2D eigenvalue weighted by atomic mass is 9.95. The maximum absolute atomic E-state index is 9.36. The third-order valence-electron chi connectivity index (χ3n) is 2.28. The Morgan fingerprint density at radius 2 is 1.55 bits per heavy atom. The highest BCUT2D eigenvalue weighted by molar-refractivity contribution is 5.85. The van der Waals surface area contributed by atoms with Crippen LogP contribution in [0.5, 0.6) is 0 Å². The topological polar surface area (TPSA) is 46.2 Å². The minimum Gasteiger partial charge on any atom is -0.392 e. The van der Waals surface area contributed by atoms with E-state index >= 15 is 0 Å². The minimum absolute atomic E-state index is 0. The first-order valence-electron chi connectivity index (χ1n) is 4.24. The van der Waals surface area contributed by atoms with E-state index in [-0.39, 0.29) is 24.6 Å². The predicted octanol–water partition coefficient (Wildman–Crippen LogP) is 1.45. The van der Waals surface area contributed by atoms with Crippen LogP contribution in [-0.2, 0) is 0 Å². The van der Waals surface area contributed by atoms with Gasteiger partial charge in [0.1, 0.15) is 0 Å². The number of aliphatic hydroxyl groups is 1. The molecule has 1 rings (SSSR count). The van der Waals surface area contributed by atoms with Crippen molar-refractivity contribution in [2.75, 3.05) is 0 Å². The van der Waals surface area contributed by atoms with Crippen molar-refractivity contribution in [3.05, 3.63) is 0 Å². The summed E-state index contributed by atoms with van der Waals surface area (Å²) in [4.78, 5) is 0. The fourth-order valence-corrected chi connectivity index (χ4v) is 1.49. The predicted molar refractivity (Wildman–Crippen MR) is 48.9 cm³/mol. The highest BCUT2D eigenvalue weighted by atomic mass is 35.5. The van der Waals surface area contributed by atoms with Gasteiger partial charge in [-0.25, -0.2) is 0 Å². The Kier molecular flexibility index (Phi) is 5.92. The summed E-state index contributed by atoms with van der Waals surface area (Å²) in [6.45, 7) is 0. The number of hydrogen-bond acceptors (Lipinski definition) is 2. The number of rotatable bonds is 0. The quantitative estimate of drug-likeness (QED) is 0.592. The van der Waals surface area contributed by atoms with Gasteiger partial charge in [0.25, 0.3) is 0 Å². The van der Waals surface area contributed by atoms with E-state index in [1.807, 2.05) is 0 Å². The second kappa shape index (κ2) is 5.81. The fraction of sp³-hybridized carbons (Fsp3) is 1.00. The van der Waals surface area contributed by atoms with E-state index in [1.54, 1.807) is 0 Å². The average Bonchev–Trinajstić information content (AvgIpc) is 1.92. The molecule has 3 heteroatoms. The Labute approximate surface area is 74.6 Å². The molecule has 2 nitrogen and oxygen atoms in total. The van der Waals surface area contributed by atoms with Gasteiger partial charge < -0.3 is 10.8 Å². The van der Waals surface area contributed by atoms with Crippen LogP contribution in [0.2, 0.25) is 0 Å². The maximum Gasteiger partial charge on any atom is 0.0691 e. The van der Waals surface area contributed by atoms with Crippen molar-refractivity contribution in [2.24, 2.45) is 5.73 Å². The first-order valence-corrected chi connectivity index (χ1v) is 4.24. The van der Waals surface area contributed by atoms with E-state index in [2.05, 4.69) is 0 Å². The largest absolute Gasteiger partial charge is 0.392 e. The molecule has 0 bridgehead atoms. The van der Waals surface area contributed by atoms with Crippen molar-refractivity contribution in [3.63, 3.8) is 0 Å². The summed E-state index contributed by atoms with van der Waals surface area (Å²) in [5, 5.41) is 9.36. The summed E-state index contributed by atoms with van der Waals surface area (Å²) < 4.78 is 0. The van der Waals surface area contributed by atoms with Gasteiger partial charge >= 0.3 is 0 Å². The molecule has 2 atom stereocenters. The first-order chi connectivity index (χ1) is 4.80. The summed E-state index contributed by atoms with van der Waals surface area (Å²) in [5.74, 6) is 0. The third kappa shape index (κ3) is 3.94. The monoisotopic (exact) mass is 179 g/mol. The van der Waals surface area contributed by atoms with E-state index in [1.165, 1.54) is 19.3 Å². The molecule has 0 saturated heterocycles. The molecule has 0 aromatic carbocycles. The van der Waals surface area contributed by atoms with E-state index < -0.39 is 0 Å². The Bertz CT molecular complexity index is 88.1. The normalized spacial score (nSPS) is 33.3. The second-order valence-electron chi connectivity index (χ2n) is 3.22. The Morgan fingerprint density at radius 3 is 2.18 bits per heavy atom. The van der Waals surface area contributed by atoms with Crippen LogP contribution in [0.4, 0.5) is 0 Å². The van der Waals surface area contributed by atoms with Crippen LogP contribution in [0.25, 0.3) is 0 Å². The van der Waals surface area contributed by atoms with Crippen molar-refractivity contribution in [1.29, 1.82) is 0 Å². The van der Waals surface area contributed by atoms with Gasteiger partial charge in [0.15, 0.2) is 0 Å². The van der Waals surface area contributed by atoms with E-state index in [0.29, 0.717) is 0 Å². The van der Waals surface area contributed by atoms with Crippen molar-refractivity contribution in [3.8, 4) is 0 Å². The standard InChI is InChI=1S/C8H17NO.ClH/c9-7-5-3-1-2-4-6-8(7)10;/h7-8,10H,1-6,9H2;1H/t7-,8-;/m1./s1. The Morgan fingerprint density at radius 1 is 1.00 bits per heavy atom. The Balaban J connectivity index is 0.000001000.